The molecule has 3 fully saturated rings. The van der Waals surface area contributed by atoms with Crippen molar-refractivity contribution in [1.29, 1.82) is 0 Å². The first-order chi connectivity index (χ1) is 13.7. The zero-order valence-electron chi connectivity index (χ0n) is 16.2. The number of carbonyl (C=O) groups excluding carboxylic acids is 2. The topological polar surface area (TPSA) is 86.8 Å². The Balaban J connectivity index is 1.55. The summed E-state index contributed by atoms with van der Waals surface area (Å²) in [7, 11) is -3.72. The van der Waals surface area contributed by atoms with Gasteiger partial charge < -0.3 is 10.2 Å². The third kappa shape index (κ3) is 3.78. The van der Waals surface area contributed by atoms with Gasteiger partial charge in [-0.25, -0.2) is 8.42 Å². The molecule has 1 aromatic rings. The van der Waals surface area contributed by atoms with Gasteiger partial charge in [-0.05, 0) is 44.4 Å². The third-order valence-corrected chi connectivity index (χ3v) is 9.76. The van der Waals surface area contributed by atoms with Crippen molar-refractivity contribution in [3.05, 3.63) is 23.2 Å². The molecule has 1 N–H and O–H groups in total. The second-order valence-corrected chi connectivity index (χ2v) is 11.7. The molecule has 3 aliphatic rings. The lowest BCUT2D eigenvalue weighted by Crippen LogP contribution is -2.48. The number of halogens is 1. The van der Waals surface area contributed by atoms with E-state index in [-0.39, 0.29) is 26.6 Å². The molecule has 3 saturated heterocycles. The van der Waals surface area contributed by atoms with E-state index in [0.29, 0.717) is 31.0 Å². The fourth-order valence-corrected chi connectivity index (χ4v) is 7.71. The van der Waals surface area contributed by atoms with Gasteiger partial charge in [0.15, 0.2) is 0 Å². The highest BCUT2D eigenvalue weighted by Gasteiger charge is 2.52. The summed E-state index contributed by atoms with van der Waals surface area (Å²) in [6.07, 6.45) is 3.86. The first-order valence-corrected chi connectivity index (χ1v) is 12.6. The van der Waals surface area contributed by atoms with E-state index in [1.54, 1.807) is 22.7 Å². The second-order valence-electron chi connectivity index (χ2n) is 7.86. The van der Waals surface area contributed by atoms with Crippen LogP contribution in [0.25, 0.3) is 0 Å². The molecule has 0 aromatic heterocycles. The lowest BCUT2D eigenvalue weighted by molar-refractivity contribution is -0.135. The molecule has 29 heavy (non-hydrogen) atoms. The quantitative estimate of drug-likeness (QED) is 0.751. The molecule has 0 bridgehead atoms. The zero-order chi connectivity index (χ0) is 20.8. The van der Waals surface area contributed by atoms with Crippen molar-refractivity contribution in [2.45, 2.75) is 54.8 Å². The summed E-state index contributed by atoms with van der Waals surface area (Å²) in [5.41, 5.74) is 0.361. The molecule has 1 aromatic carbocycles. The van der Waals surface area contributed by atoms with Crippen LogP contribution in [0.15, 0.2) is 23.1 Å². The Labute approximate surface area is 180 Å². The van der Waals surface area contributed by atoms with Gasteiger partial charge in [-0.15, -0.1) is 11.8 Å². The number of fused-ring (bicyclic) bond motifs is 1. The number of nitrogens with zero attached hydrogens (tertiary/aromatic N) is 2. The minimum absolute atomic E-state index is 0.00162. The third-order valence-electron chi connectivity index (χ3n) is 5.88. The fourth-order valence-electron chi connectivity index (χ4n) is 4.26. The zero-order valence-corrected chi connectivity index (χ0v) is 18.6. The minimum Gasteiger partial charge on any atom is -0.324 e. The molecule has 7 nitrogen and oxygen atoms in total. The van der Waals surface area contributed by atoms with Crippen LogP contribution >= 0.6 is 23.4 Å². The normalized spacial score (nSPS) is 27.9. The highest BCUT2D eigenvalue weighted by molar-refractivity contribution is 8.01. The average Bonchev–Trinajstić information content (AvgIpc) is 3.20. The summed E-state index contributed by atoms with van der Waals surface area (Å²) >= 11 is 7.81. The maximum absolute atomic E-state index is 13.0. The number of hydrogen-bond acceptors (Lipinski definition) is 5. The maximum Gasteiger partial charge on any atom is 0.248 e. The molecule has 3 aliphatic heterocycles. The highest BCUT2D eigenvalue weighted by Crippen LogP contribution is 2.47. The van der Waals surface area contributed by atoms with Crippen LogP contribution in [-0.2, 0) is 19.6 Å². The Bertz CT molecular complexity index is 949. The van der Waals surface area contributed by atoms with Gasteiger partial charge in [0.1, 0.15) is 10.9 Å². The summed E-state index contributed by atoms with van der Waals surface area (Å²) in [6.45, 7) is 2.94. The molecule has 10 heteroatoms. The number of rotatable bonds is 4. The van der Waals surface area contributed by atoms with E-state index in [4.69, 9.17) is 11.6 Å². The fraction of sp³-hybridized carbons (Fsp3) is 0.579. The van der Waals surface area contributed by atoms with Crippen molar-refractivity contribution in [2.75, 3.05) is 24.2 Å². The molecule has 0 spiro atoms. The molecule has 2 amide bonds. The largest absolute Gasteiger partial charge is 0.324 e. The van der Waals surface area contributed by atoms with Gasteiger partial charge in [0.05, 0.1) is 9.89 Å². The monoisotopic (exact) mass is 457 g/mol. The lowest BCUT2D eigenvalue weighted by Gasteiger charge is -2.30. The predicted molar refractivity (Wildman–Crippen MR) is 113 cm³/mol. The number of sulfonamides is 1. The van der Waals surface area contributed by atoms with E-state index in [1.165, 1.54) is 16.4 Å². The van der Waals surface area contributed by atoms with Crippen molar-refractivity contribution in [2.24, 2.45) is 0 Å². The molecular formula is C19H24ClN3O4S2. The van der Waals surface area contributed by atoms with Crippen LogP contribution in [-0.4, -0.2) is 59.2 Å². The Morgan fingerprint density at radius 1 is 1.28 bits per heavy atom. The van der Waals surface area contributed by atoms with E-state index >= 15 is 0 Å². The molecule has 158 valence electrons. The van der Waals surface area contributed by atoms with Gasteiger partial charge in [-0.2, -0.15) is 4.31 Å². The van der Waals surface area contributed by atoms with E-state index in [2.05, 4.69) is 5.32 Å². The first-order valence-electron chi connectivity index (χ1n) is 9.79. The molecular weight excluding hydrogens is 434 g/mol. The van der Waals surface area contributed by atoms with E-state index in [9.17, 15) is 18.0 Å². The van der Waals surface area contributed by atoms with Crippen LogP contribution < -0.4 is 5.32 Å². The van der Waals surface area contributed by atoms with Gasteiger partial charge in [-0.1, -0.05) is 18.0 Å². The summed E-state index contributed by atoms with van der Waals surface area (Å²) in [6, 6.07) is 3.93. The number of anilines is 1. The van der Waals surface area contributed by atoms with Gasteiger partial charge >= 0.3 is 0 Å². The SMILES string of the molecule is C[C@]12CCC(=O)N1[C@@H](C(=O)Nc1ccc(Cl)c(S(=O)(=O)N3CCCCC3)c1)CS2. The lowest BCUT2D eigenvalue weighted by atomic mass is 10.2. The van der Waals surface area contributed by atoms with Crippen molar-refractivity contribution >= 4 is 50.9 Å². The predicted octanol–water partition coefficient (Wildman–Crippen LogP) is 2.91. The summed E-state index contributed by atoms with van der Waals surface area (Å²) in [5, 5.41) is 2.92. The number of thioether (sulfide) groups is 1. The highest BCUT2D eigenvalue weighted by atomic mass is 35.5. The van der Waals surface area contributed by atoms with Crippen LogP contribution in [0.2, 0.25) is 5.02 Å². The molecule has 2 atom stereocenters. The molecule has 0 aliphatic carbocycles. The minimum atomic E-state index is -3.72. The van der Waals surface area contributed by atoms with Gasteiger partial charge in [0.2, 0.25) is 21.8 Å². The van der Waals surface area contributed by atoms with Crippen LogP contribution in [0.3, 0.4) is 0 Å². The number of carbonyl (C=O) groups is 2. The van der Waals surface area contributed by atoms with Crippen molar-refractivity contribution in [1.82, 2.24) is 9.21 Å². The van der Waals surface area contributed by atoms with Gasteiger partial charge in [-0.3, -0.25) is 9.59 Å². The Hall–Kier alpha value is -1.29. The first kappa shape index (κ1) is 21.0. The van der Waals surface area contributed by atoms with E-state index < -0.39 is 16.1 Å². The molecule has 0 unspecified atom stereocenters. The second kappa shape index (κ2) is 7.76. The van der Waals surface area contributed by atoms with Crippen molar-refractivity contribution in [3.8, 4) is 0 Å². The number of amides is 2. The van der Waals surface area contributed by atoms with E-state index in [0.717, 1.165) is 25.7 Å². The van der Waals surface area contributed by atoms with Crippen LogP contribution in [0, 0.1) is 0 Å². The van der Waals surface area contributed by atoms with Crippen LogP contribution in [0.1, 0.15) is 39.0 Å². The standard InChI is InChI=1S/C19H24ClN3O4S2/c1-19-8-7-17(24)23(19)15(12-28-19)18(25)21-13-5-6-14(20)16(11-13)29(26,27)22-9-3-2-4-10-22/h5-6,11,15H,2-4,7-10,12H2,1H3,(H,21,25)/t15-,19+/m1/s1. The average molecular weight is 458 g/mol. The molecule has 0 saturated carbocycles. The molecule has 3 heterocycles. The molecule has 4 rings (SSSR count). The van der Waals surface area contributed by atoms with E-state index in [1.807, 2.05) is 6.92 Å². The number of hydrogen-bond donors (Lipinski definition) is 1. The Morgan fingerprint density at radius 3 is 2.72 bits per heavy atom. The number of piperidine rings is 1. The summed E-state index contributed by atoms with van der Waals surface area (Å²) in [5.74, 6) is 0.211. The Morgan fingerprint density at radius 2 is 2.00 bits per heavy atom. The van der Waals surface area contributed by atoms with Gasteiger partial charge in [0, 0.05) is 31.0 Å². The maximum atomic E-state index is 13.0. The molecule has 0 radical (unpaired) electrons. The van der Waals surface area contributed by atoms with Crippen LogP contribution in [0.4, 0.5) is 5.69 Å². The van der Waals surface area contributed by atoms with Crippen molar-refractivity contribution in [3.63, 3.8) is 0 Å². The number of benzene rings is 1. The summed E-state index contributed by atoms with van der Waals surface area (Å²) in [4.78, 5) is 26.5. The van der Waals surface area contributed by atoms with Gasteiger partial charge in [0.25, 0.3) is 0 Å². The Kier molecular flexibility index (Phi) is 5.61. The summed E-state index contributed by atoms with van der Waals surface area (Å²) < 4.78 is 27.5. The number of nitrogens with one attached hydrogen (secondary N) is 1. The smallest absolute Gasteiger partial charge is 0.248 e. The van der Waals surface area contributed by atoms with Crippen molar-refractivity contribution < 1.29 is 18.0 Å². The van der Waals surface area contributed by atoms with Crippen LogP contribution in [0.5, 0.6) is 0 Å².